The molecule has 8 nitrogen and oxygen atoms in total. The molecule has 8 heteroatoms. The number of nitrogens with two attached hydrogens (primary N) is 1. The first-order valence-corrected chi connectivity index (χ1v) is 7.12. The third-order valence-electron chi connectivity index (χ3n) is 3.94. The Labute approximate surface area is 121 Å². The molecular formula is C13H19N5O3. The Hall–Kier alpha value is -2.09. The molecule has 1 atom stereocenters. The molecule has 0 aliphatic carbocycles. The van der Waals surface area contributed by atoms with E-state index in [-0.39, 0.29) is 23.3 Å². The largest absolute Gasteiger partial charge is 0.381 e. The molecule has 114 valence electrons. The van der Waals surface area contributed by atoms with Crippen LogP contribution in [0.25, 0.3) is 0 Å². The van der Waals surface area contributed by atoms with Crippen LogP contribution in [-0.4, -0.2) is 60.2 Å². The second kappa shape index (κ2) is 5.72. The highest BCUT2D eigenvalue weighted by atomic mass is 16.5. The molecule has 1 amide bonds. The molecule has 21 heavy (non-hydrogen) atoms. The fraction of sp³-hybridized carbons (Fsp3) is 0.615. The fourth-order valence-corrected chi connectivity index (χ4v) is 2.77. The maximum atomic E-state index is 12.3. The molecule has 2 fully saturated rings. The quantitative estimate of drug-likeness (QED) is 0.727. The predicted octanol–water partition coefficient (Wildman–Crippen LogP) is -0.963. The topological polar surface area (TPSA) is 105 Å². The number of nitrogens with zero attached hydrogens (tertiary/aromatic N) is 3. The van der Waals surface area contributed by atoms with Gasteiger partial charge in [0.25, 0.3) is 5.56 Å². The molecule has 3 heterocycles. The van der Waals surface area contributed by atoms with Crippen molar-refractivity contribution in [1.82, 2.24) is 14.9 Å². The minimum atomic E-state index is -0.265. The van der Waals surface area contributed by atoms with Crippen molar-refractivity contribution in [2.24, 2.45) is 5.92 Å². The molecule has 2 aliphatic rings. The molecule has 0 radical (unpaired) electrons. The molecule has 0 saturated carbocycles. The van der Waals surface area contributed by atoms with Gasteiger partial charge < -0.3 is 20.3 Å². The third-order valence-corrected chi connectivity index (χ3v) is 3.94. The van der Waals surface area contributed by atoms with E-state index in [2.05, 4.69) is 9.97 Å². The highest BCUT2D eigenvalue weighted by Crippen LogP contribution is 2.18. The first-order valence-electron chi connectivity index (χ1n) is 7.12. The number of amides is 1. The number of carbonyl (C=O) groups excluding carboxylic acids is 1. The lowest BCUT2D eigenvalue weighted by atomic mass is 10.1. The van der Waals surface area contributed by atoms with Gasteiger partial charge in [0.05, 0.1) is 12.5 Å². The first kappa shape index (κ1) is 13.9. The number of anilines is 2. The van der Waals surface area contributed by atoms with Crippen molar-refractivity contribution in [3.63, 3.8) is 0 Å². The summed E-state index contributed by atoms with van der Waals surface area (Å²) in [5.41, 5.74) is 5.29. The van der Waals surface area contributed by atoms with E-state index in [9.17, 15) is 9.59 Å². The van der Waals surface area contributed by atoms with Gasteiger partial charge in [-0.3, -0.25) is 14.6 Å². The van der Waals surface area contributed by atoms with Gasteiger partial charge in [0.15, 0.2) is 0 Å². The monoisotopic (exact) mass is 293 g/mol. The van der Waals surface area contributed by atoms with E-state index < -0.39 is 0 Å². The van der Waals surface area contributed by atoms with Crippen molar-refractivity contribution >= 4 is 17.7 Å². The molecule has 3 N–H and O–H groups in total. The van der Waals surface area contributed by atoms with Gasteiger partial charge in [-0.25, -0.2) is 0 Å². The zero-order valence-electron chi connectivity index (χ0n) is 11.7. The van der Waals surface area contributed by atoms with Gasteiger partial charge in [-0.05, 0) is 6.42 Å². The molecule has 0 unspecified atom stereocenters. The summed E-state index contributed by atoms with van der Waals surface area (Å²) in [5.74, 6) is 0.849. The second-order valence-corrected chi connectivity index (χ2v) is 5.36. The Morgan fingerprint density at radius 3 is 2.76 bits per heavy atom. The van der Waals surface area contributed by atoms with E-state index in [1.807, 2.05) is 9.80 Å². The number of piperazine rings is 1. The Balaban J connectivity index is 1.62. The van der Waals surface area contributed by atoms with Crippen LogP contribution in [0.4, 0.5) is 11.8 Å². The van der Waals surface area contributed by atoms with Crippen molar-refractivity contribution in [2.45, 2.75) is 6.42 Å². The van der Waals surface area contributed by atoms with E-state index in [4.69, 9.17) is 10.5 Å². The number of ether oxygens (including phenoxy) is 1. The lowest BCUT2D eigenvalue weighted by molar-refractivity contribution is -0.135. The number of aromatic nitrogens is 2. The Morgan fingerprint density at radius 1 is 1.38 bits per heavy atom. The normalized spacial score (nSPS) is 22.6. The van der Waals surface area contributed by atoms with E-state index >= 15 is 0 Å². The molecule has 3 rings (SSSR count). The average Bonchev–Trinajstić information content (AvgIpc) is 3.00. The number of hydrogen-bond acceptors (Lipinski definition) is 6. The minimum Gasteiger partial charge on any atom is -0.381 e. The van der Waals surface area contributed by atoms with Crippen LogP contribution in [0.5, 0.6) is 0 Å². The van der Waals surface area contributed by atoms with Crippen molar-refractivity contribution in [3.8, 4) is 0 Å². The third kappa shape index (κ3) is 2.99. The van der Waals surface area contributed by atoms with Crippen LogP contribution in [-0.2, 0) is 9.53 Å². The maximum absolute atomic E-state index is 12.3. The number of H-pyrrole nitrogens is 1. The molecule has 0 aromatic carbocycles. The van der Waals surface area contributed by atoms with Crippen LogP contribution in [0.15, 0.2) is 10.9 Å². The minimum absolute atomic E-state index is 0.00453. The SMILES string of the molecule is Nc1nc(N2CCN(C(=O)[C@H]3CCOC3)CC2)cc(=O)[nH]1. The summed E-state index contributed by atoms with van der Waals surface area (Å²) in [5, 5.41) is 0. The van der Waals surface area contributed by atoms with Gasteiger partial charge in [-0.15, -0.1) is 0 Å². The van der Waals surface area contributed by atoms with Crippen molar-refractivity contribution in [2.75, 3.05) is 50.0 Å². The van der Waals surface area contributed by atoms with Gasteiger partial charge in [0.1, 0.15) is 5.82 Å². The molecular weight excluding hydrogens is 274 g/mol. The first-order chi connectivity index (χ1) is 10.1. The summed E-state index contributed by atoms with van der Waals surface area (Å²) >= 11 is 0. The molecule has 2 saturated heterocycles. The van der Waals surface area contributed by atoms with Crippen LogP contribution in [0.3, 0.4) is 0 Å². The molecule has 0 bridgehead atoms. The van der Waals surface area contributed by atoms with Crippen molar-refractivity contribution < 1.29 is 9.53 Å². The number of nitrogen functional groups attached to an aromatic ring is 1. The van der Waals surface area contributed by atoms with E-state index in [0.717, 1.165) is 6.42 Å². The van der Waals surface area contributed by atoms with Gasteiger partial charge in [0, 0.05) is 38.9 Å². The van der Waals surface area contributed by atoms with Crippen LogP contribution in [0.2, 0.25) is 0 Å². The molecule has 1 aromatic rings. The van der Waals surface area contributed by atoms with Crippen LogP contribution in [0, 0.1) is 5.92 Å². The van der Waals surface area contributed by atoms with Crippen LogP contribution < -0.4 is 16.2 Å². The smallest absolute Gasteiger partial charge is 0.254 e. The summed E-state index contributed by atoms with van der Waals surface area (Å²) in [7, 11) is 0. The summed E-state index contributed by atoms with van der Waals surface area (Å²) < 4.78 is 5.27. The Morgan fingerprint density at radius 2 is 2.14 bits per heavy atom. The number of aromatic amines is 1. The van der Waals surface area contributed by atoms with Gasteiger partial charge in [-0.2, -0.15) is 4.98 Å². The standard InChI is InChI=1S/C13H19N5O3/c14-13-15-10(7-11(19)16-13)17-2-4-18(5-3-17)12(20)9-1-6-21-8-9/h7,9H,1-6,8H2,(H3,14,15,16,19)/t9-/m0/s1. The Kier molecular flexibility index (Phi) is 3.78. The number of carbonyl (C=O) groups is 1. The lowest BCUT2D eigenvalue weighted by Gasteiger charge is -2.36. The van der Waals surface area contributed by atoms with Crippen molar-refractivity contribution in [1.29, 1.82) is 0 Å². The van der Waals surface area contributed by atoms with E-state index in [1.54, 1.807) is 0 Å². The lowest BCUT2D eigenvalue weighted by Crippen LogP contribution is -2.51. The Bertz CT molecular complexity index is 573. The van der Waals surface area contributed by atoms with Crippen LogP contribution in [0.1, 0.15) is 6.42 Å². The van der Waals surface area contributed by atoms with Crippen LogP contribution >= 0.6 is 0 Å². The van der Waals surface area contributed by atoms with E-state index in [1.165, 1.54) is 6.07 Å². The highest BCUT2D eigenvalue weighted by Gasteiger charge is 2.30. The van der Waals surface area contributed by atoms with Gasteiger partial charge in [0.2, 0.25) is 11.9 Å². The average molecular weight is 293 g/mol. The number of hydrogen-bond donors (Lipinski definition) is 2. The number of nitrogens with one attached hydrogen (secondary N) is 1. The van der Waals surface area contributed by atoms with Gasteiger partial charge >= 0.3 is 0 Å². The molecule has 0 spiro atoms. The zero-order valence-corrected chi connectivity index (χ0v) is 11.7. The summed E-state index contributed by atoms with van der Waals surface area (Å²) in [4.78, 5) is 34.1. The fourth-order valence-electron chi connectivity index (χ4n) is 2.77. The number of rotatable bonds is 2. The summed E-state index contributed by atoms with van der Waals surface area (Å²) in [6.07, 6.45) is 0.811. The van der Waals surface area contributed by atoms with E-state index in [0.29, 0.717) is 45.2 Å². The highest BCUT2D eigenvalue weighted by molar-refractivity contribution is 5.79. The predicted molar refractivity (Wildman–Crippen MR) is 77.0 cm³/mol. The molecule has 1 aromatic heterocycles. The molecule has 2 aliphatic heterocycles. The summed E-state index contributed by atoms with van der Waals surface area (Å²) in [6, 6.07) is 1.43. The maximum Gasteiger partial charge on any atom is 0.254 e. The van der Waals surface area contributed by atoms with Crippen molar-refractivity contribution in [3.05, 3.63) is 16.4 Å². The second-order valence-electron chi connectivity index (χ2n) is 5.36. The van der Waals surface area contributed by atoms with Gasteiger partial charge in [-0.1, -0.05) is 0 Å². The summed E-state index contributed by atoms with van der Waals surface area (Å²) in [6.45, 7) is 3.76. The zero-order chi connectivity index (χ0) is 14.8.